The Balaban J connectivity index is 2.93. The van der Waals surface area contributed by atoms with E-state index in [0.717, 1.165) is 4.88 Å². The molecule has 1 rings (SSSR count). The minimum absolute atomic E-state index is 0.208. The van der Waals surface area contributed by atoms with E-state index < -0.39 is 5.60 Å². The lowest BCUT2D eigenvalue weighted by atomic mass is 10.0. The van der Waals surface area contributed by atoms with E-state index in [9.17, 15) is 9.90 Å². The second-order valence-corrected chi connectivity index (χ2v) is 4.59. The topological polar surface area (TPSA) is 37.3 Å². The largest absolute Gasteiger partial charge is 0.382 e. The van der Waals surface area contributed by atoms with Gasteiger partial charge >= 0.3 is 0 Å². The normalized spacial score (nSPS) is 11.7. The molecule has 2 nitrogen and oxygen atoms in total. The van der Waals surface area contributed by atoms with E-state index >= 15 is 0 Å². The Labute approximate surface area is 75.9 Å². The predicted octanol–water partition coefficient (Wildman–Crippen LogP) is 2.01. The van der Waals surface area contributed by atoms with Gasteiger partial charge in [0.15, 0.2) is 0 Å². The Morgan fingerprint density at radius 2 is 2.08 bits per heavy atom. The zero-order chi connectivity index (χ0) is 9.35. The van der Waals surface area contributed by atoms with Gasteiger partial charge in [-0.1, -0.05) is 0 Å². The average molecular weight is 184 g/mol. The fourth-order valence-electron chi connectivity index (χ4n) is 0.858. The SMILES string of the molecule is Cc1ccc(C(=O)C(C)(C)O)s1. The third-order valence-electron chi connectivity index (χ3n) is 1.52. The highest BCUT2D eigenvalue weighted by molar-refractivity contribution is 7.14. The van der Waals surface area contributed by atoms with E-state index in [4.69, 9.17) is 0 Å². The molecule has 0 saturated heterocycles. The molecule has 0 saturated carbocycles. The van der Waals surface area contributed by atoms with Crippen LogP contribution in [0.1, 0.15) is 28.4 Å². The summed E-state index contributed by atoms with van der Waals surface area (Å²) in [6, 6.07) is 3.63. The molecule has 0 bridgehead atoms. The highest BCUT2D eigenvalue weighted by atomic mass is 32.1. The summed E-state index contributed by atoms with van der Waals surface area (Å²) in [7, 11) is 0. The van der Waals surface area contributed by atoms with Gasteiger partial charge < -0.3 is 5.11 Å². The maximum absolute atomic E-state index is 11.4. The van der Waals surface area contributed by atoms with Gasteiger partial charge in [-0.05, 0) is 32.9 Å². The van der Waals surface area contributed by atoms with Crippen molar-refractivity contribution in [3.05, 3.63) is 21.9 Å². The van der Waals surface area contributed by atoms with Gasteiger partial charge in [0.1, 0.15) is 5.60 Å². The van der Waals surface area contributed by atoms with E-state index in [1.165, 1.54) is 25.2 Å². The van der Waals surface area contributed by atoms with E-state index in [1.807, 2.05) is 13.0 Å². The molecule has 1 aromatic heterocycles. The predicted molar refractivity (Wildman–Crippen MR) is 49.7 cm³/mol. The second-order valence-electron chi connectivity index (χ2n) is 3.30. The third kappa shape index (κ3) is 1.93. The Bertz CT molecular complexity index is 294. The molecular weight excluding hydrogens is 172 g/mol. The summed E-state index contributed by atoms with van der Waals surface area (Å²) in [5, 5.41) is 9.41. The first-order chi connectivity index (χ1) is 5.41. The fraction of sp³-hybridized carbons (Fsp3) is 0.444. The van der Waals surface area contributed by atoms with Gasteiger partial charge in [-0.2, -0.15) is 0 Å². The van der Waals surface area contributed by atoms with Gasteiger partial charge in [0.2, 0.25) is 5.78 Å². The molecule has 0 spiro atoms. The van der Waals surface area contributed by atoms with Crippen molar-refractivity contribution in [2.45, 2.75) is 26.4 Å². The van der Waals surface area contributed by atoms with Crippen LogP contribution in [-0.4, -0.2) is 16.5 Å². The lowest BCUT2D eigenvalue weighted by Gasteiger charge is -2.13. The standard InChI is InChI=1S/C9H12O2S/c1-6-4-5-7(12-6)8(10)9(2,3)11/h4-5,11H,1-3H3. The third-order valence-corrected chi connectivity index (χ3v) is 2.52. The Morgan fingerprint density at radius 3 is 2.42 bits per heavy atom. The maximum Gasteiger partial charge on any atom is 0.203 e. The molecule has 1 heterocycles. The molecule has 0 aromatic carbocycles. The first-order valence-corrected chi connectivity index (χ1v) is 4.56. The van der Waals surface area contributed by atoms with Crippen molar-refractivity contribution < 1.29 is 9.90 Å². The van der Waals surface area contributed by atoms with Crippen molar-refractivity contribution in [2.75, 3.05) is 0 Å². The molecule has 1 N–H and O–H groups in total. The lowest BCUT2D eigenvalue weighted by molar-refractivity contribution is 0.0492. The van der Waals surface area contributed by atoms with Crippen LogP contribution in [0.5, 0.6) is 0 Å². The molecule has 12 heavy (non-hydrogen) atoms. The van der Waals surface area contributed by atoms with Crippen molar-refractivity contribution in [3.63, 3.8) is 0 Å². The summed E-state index contributed by atoms with van der Waals surface area (Å²) in [5.41, 5.74) is -1.25. The van der Waals surface area contributed by atoms with Crippen molar-refractivity contribution in [2.24, 2.45) is 0 Å². The zero-order valence-electron chi connectivity index (χ0n) is 7.42. The summed E-state index contributed by atoms with van der Waals surface area (Å²) in [6.07, 6.45) is 0. The average Bonchev–Trinajstić information content (AvgIpc) is 2.32. The van der Waals surface area contributed by atoms with E-state index in [0.29, 0.717) is 4.88 Å². The minimum Gasteiger partial charge on any atom is -0.382 e. The first-order valence-electron chi connectivity index (χ1n) is 3.75. The number of thiophene rings is 1. The van der Waals surface area contributed by atoms with E-state index in [2.05, 4.69) is 0 Å². The molecule has 0 atom stereocenters. The van der Waals surface area contributed by atoms with Crippen LogP contribution >= 0.6 is 11.3 Å². The van der Waals surface area contributed by atoms with Crippen molar-refractivity contribution in [3.8, 4) is 0 Å². The fourth-order valence-corrected chi connectivity index (χ4v) is 1.82. The zero-order valence-corrected chi connectivity index (χ0v) is 8.23. The van der Waals surface area contributed by atoms with Gasteiger partial charge in [0.25, 0.3) is 0 Å². The van der Waals surface area contributed by atoms with Crippen LogP contribution in [-0.2, 0) is 0 Å². The van der Waals surface area contributed by atoms with E-state index in [-0.39, 0.29) is 5.78 Å². The Morgan fingerprint density at radius 1 is 1.50 bits per heavy atom. The van der Waals surface area contributed by atoms with Gasteiger partial charge in [-0.3, -0.25) is 4.79 Å². The lowest BCUT2D eigenvalue weighted by Crippen LogP contribution is -2.30. The van der Waals surface area contributed by atoms with Crippen LogP contribution in [0.25, 0.3) is 0 Å². The molecule has 66 valence electrons. The van der Waals surface area contributed by atoms with Crippen LogP contribution in [0.3, 0.4) is 0 Å². The van der Waals surface area contributed by atoms with Crippen LogP contribution < -0.4 is 0 Å². The minimum atomic E-state index is -1.25. The quantitative estimate of drug-likeness (QED) is 0.714. The highest BCUT2D eigenvalue weighted by Crippen LogP contribution is 2.20. The number of rotatable bonds is 2. The van der Waals surface area contributed by atoms with Crippen molar-refractivity contribution in [1.29, 1.82) is 0 Å². The molecule has 0 fully saturated rings. The number of carbonyl (C=O) groups is 1. The monoisotopic (exact) mass is 184 g/mol. The number of Topliss-reactive ketones (excluding diaryl/α,β-unsaturated/α-hetero) is 1. The number of ketones is 1. The number of aryl methyl sites for hydroxylation is 1. The van der Waals surface area contributed by atoms with Crippen LogP contribution in [0.4, 0.5) is 0 Å². The van der Waals surface area contributed by atoms with Gasteiger partial charge in [0.05, 0.1) is 4.88 Å². The number of hydrogen-bond acceptors (Lipinski definition) is 3. The van der Waals surface area contributed by atoms with Crippen LogP contribution in [0.15, 0.2) is 12.1 Å². The maximum atomic E-state index is 11.4. The number of aliphatic hydroxyl groups is 1. The highest BCUT2D eigenvalue weighted by Gasteiger charge is 2.25. The molecule has 0 radical (unpaired) electrons. The molecule has 3 heteroatoms. The van der Waals surface area contributed by atoms with Crippen molar-refractivity contribution >= 4 is 17.1 Å². The number of carbonyl (C=O) groups excluding carboxylic acids is 1. The van der Waals surface area contributed by atoms with Gasteiger partial charge in [0, 0.05) is 4.88 Å². The van der Waals surface area contributed by atoms with Crippen molar-refractivity contribution in [1.82, 2.24) is 0 Å². The molecule has 0 aliphatic carbocycles. The molecular formula is C9H12O2S. The smallest absolute Gasteiger partial charge is 0.203 e. The molecule has 0 aliphatic heterocycles. The molecule has 0 unspecified atom stereocenters. The first kappa shape index (κ1) is 9.42. The second kappa shape index (κ2) is 2.99. The summed E-state index contributed by atoms with van der Waals surface area (Å²) < 4.78 is 0. The molecule has 0 amide bonds. The number of hydrogen-bond donors (Lipinski definition) is 1. The van der Waals surface area contributed by atoms with Crippen LogP contribution in [0.2, 0.25) is 0 Å². The summed E-state index contributed by atoms with van der Waals surface area (Å²) in [4.78, 5) is 13.2. The summed E-state index contributed by atoms with van der Waals surface area (Å²) in [6.45, 7) is 4.95. The molecule has 0 aliphatic rings. The summed E-state index contributed by atoms with van der Waals surface area (Å²) >= 11 is 1.41. The van der Waals surface area contributed by atoms with Gasteiger partial charge in [-0.25, -0.2) is 0 Å². The van der Waals surface area contributed by atoms with Crippen LogP contribution in [0, 0.1) is 6.92 Å². The van der Waals surface area contributed by atoms with Gasteiger partial charge in [-0.15, -0.1) is 11.3 Å². The molecule has 1 aromatic rings. The Kier molecular flexibility index (Phi) is 2.35. The Hall–Kier alpha value is -0.670. The summed E-state index contributed by atoms with van der Waals surface area (Å²) in [5.74, 6) is -0.208. The van der Waals surface area contributed by atoms with E-state index in [1.54, 1.807) is 6.07 Å².